The Balaban J connectivity index is 1.62. The SMILES string of the molecule is COc1ccc(S(=O)(=O)NCCOCc2ccccc2)cc1C(=O)N1CCOCC1. The first-order valence-corrected chi connectivity index (χ1v) is 11.2. The molecule has 1 N–H and O–H groups in total. The van der Waals surface area contributed by atoms with E-state index < -0.39 is 10.0 Å². The van der Waals surface area contributed by atoms with Gasteiger partial charge in [0, 0.05) is 19.6 Å². The van der Waals surface area contributed by atoms with Gasteiger partial charge < -0.3 is 19.1 Å². The summed E-state index contributed by atoms with van der Waals surface area (Å²) in [7, 11) is -2.35. The van der Waals surface area contributed by atoms with Crippen molar-refractivity contribution in [3.8, 4) is 5.75 Å². The fourth-order valence-electron chi connectivity index (χ4n) is 3.05. The van der Waals surface area contributed by atoms with E-state index in [0.717, 1.165) is 5.56 Å². The average Bonchev–Trinajstić information content (AvgIpc) is 2.79. The predicted octanol–water partition coefficient (Wildman–Crippen LogP) is 1.66. The number of benzene rings is 2. The van der Waals surface area contributed by atoms with E-state index in [1.54, 1.807) is 4.90 Å². The highest BCUT2D eigenvalue weighted by atomic mass is 32.2. The highest BCUT2D eigenvalue weighted by molar-refractivity contribution is 7.89. The number of carbonyl (C=O) groups excluding carboxylic acids is 1. The Morgan fingerprint density at radius 3 is 2.57 bits per heavy atom. The molecule has 0 radical (unpaired) electrons. The highest BCUT2D eigenvalue weighted by Crippen LogP contribution is 2.24. The van der Waals surface area contributed by atoms with Crippen LogP contribution in [-0.4, -0.2) is 65.8 Å². The molecule has 0 saturated carbocycles. The second-order valence-electron chi connectivity index (χ2n) is 6.70. The van der Waals surface area contributed by atoms with Gasteiger partial charge in [-0.05, 0) is 23.8 Å². The second kappa shape index (κ2) is 10.5. The summed E-state index contributed by atoms with van der Waals surface area (Å²) in [6.07, 6.45) is 0. The van der Waals surface area contributed by atoms with Crippen molar-refractivity contribution in [2.24, 2.45) is 0 Å². The fourth-order valence-corrected chi connectivity index (χ4v) is 4.09. The molecule has 0 bridgehead atoms. The highest BCUT2D eigenvalue weighted by Gasteiger charge is 2.24. The van der Waals surface area contributed by atoms with E-state index >= 15 is 0 Å². The van der Waals surface area contributed by atoms with E-state index in [9.17, 15) is 13.2 Å². The summed E-state index contributed by atoms with van der Waals surface area (Å²) in [6, 6.07) is 13.9. The first-order valence-electron chi connectivity index (χ1n) is 9.67. The monoisotopic (exact) mass is 434 g/mol. The minimum atomic E-state index is -3.80. The van der Waals surface area contributed by atoms with Crippen molar-refractivity contribution in [2.75, 3.05) is 46.6 Å². The molecular formula is C21H26N2O6S. The molecule has 162 valence electrons. The molecule has 8 nitrogen and oxygen atoms in total. The zero-order valence-corrected chi connectivity index (χ0v) is 17.7. The summed E-state index contributed by atoms with van der Waals surface area (Å²) in [4.78, 5) is 14.5. The zero-order chi connectivity index (χ0) is 21.4. The number of amides is 1. The van der Waals surface area contributed by atoms with Gasteiger partial charge in [-0.25, -0.2) is 13.1 Å². The van der Waals surface area contributed by atoms with Gasteiger partial charge in [-0.15, -0.1) is 0 Å². The Kier molecular flexibility index (Phi) is 7.81. The Bertz CT molecular complexity index is 943. The van der Waals surface area contributed by atoms with Crippen molar-refractivity contribution in [1.82, 2.24) is 9.62 Å². The minimum absolute atomic E-state index is 0.00275. The van der Waals surface area contributed by atoms with Crippen LogP contribution < -0.4 is 9.46 Å². The van der Waals surface area contributed by atoms with Gasteiger partial charge in [0.1, 0.15) is 5.75 Å². The van der Waals surface area contributed by atoms with E-state index in [2.05, 4.69) is 4.72 Å². The molecule has 0 spiro atoms. The zero-order valence-electron chi connectivity index (χ0n) is 16.9. The number of methoxy groups -OCH3 is 1. The van der Waals surface area contributed by atoms with Crippen molar-refractivity contribution >= 4 is 15.9 Å². The molecule has 0 aromatic heterocycles. The summed E-state index contributed by atoms with van der Waals surface area (Å²) >= 11 is 0. The van der Waals surface area contributed by atoms with Crippen molar-refractivity contribution in [2.45, 2.75) is 11.5 Å². The molecule has 9 heteroatoms. The van der Waals surface area contributed by atoms with Crippen LogP contribution in [0.3, 0.4) is 0 Å². The summed E-state index contributed by atoms with van der Waals surface area (Å²) in [5.74, 6) is 0.0510. The van der Waals surface area contributed by atoms with Crippen LogP contribution in [0.25, 0.3) is 0 Å². The number of carbonyl (C=O) groups is 1. The Morgan fingerprint density at radius 1 is 1.13 bits per heavy atom. The van der Waals surface area contributed by atoms with Gasteiger partial charge in [-0.1, -0.05) is 30.3 Å². The maximum atomic E-state index is 12.8. The van der Waals surface area contributed by atoms with Crippen LogP contribution in [0.4, 0.5) is 0 Å². The van der Waals surface area contributed by atoms with Crippen LogP contribution in [0.15, 0.2) is 53.4 Å². The van der Waals surface area contributed by atoms with Gasteiger partial charge in [0.2, 0.25) is 10.0 Å². The Morgan fingerprint density at radius 2 is 1.87 bits per heavy atom. The summed E-state index contributed by atoms with van der Waals surface area (Å²) in [6.45, 7) is 2.57. The molecule has 0 aliphatic carbocycles. The number of rotatable bonds is 9. The van der Waals surface area contributed by atoms with Crippen molar-refractivity contribution in [3.63, 3.8) is 0 Å². The van der Waals surface area contributed by atoms with Gasteiger partial charge in [0.15, 0.2) is 0 Å². The third kappa shape index (κ3) is 5.79. The smallest absolute Gasteiger partial charge is 0.257 e. The molecule has 1 heterocycles. The quantitative estimate of drug-likeness (QED) is 0.604. The van der Waals surface area contributed by atoms with E-state index in [1.165, 1.54) is 25.3 Å². The number of nitrogens with one attached hydrogen (secondary N) is 1. The molecule has 1 aliphatic rings. The molecule has 1 saturated heterocycles. The molecule has 30 heavy (non-hydrogen) atoms. The molecule has 3 rings (SSSR count). The number of hydrogen-bond acceptors (Lipinski definition) is 6. The van der Waals surface area contributed by atoms with Gasteiger partial charge in [-0.3, -0.25) is 4.79 Å². The van der Waals surface area contributed by atoms with E-state index in [1.807, 2.05) is 30.3 Å². The predicted molar refractivity (Wildman–Crippen MR) is 111 cm³/mol. The lowest BCUT2D eigenvalue weighted by Gasteiger charge is -2.27. The van der Waals surface area contributed by atoms with Crippen LogP contribution in [0, 0.1) is 0 Å². The van der Waals surface area contributed by atoms with Crippen molar-refractivity contribution in [1.29, 1.82) is 0 Å². The maximum absolute atomic E-state index is 12.8. The van der Waals surface area contributed by atoms with Crippen molar-refractivity contribution < 1.29 is 27.4 Å². The molecule has 1 amide bonds. The Hall–Kier alpha value is -2.46. The van der Waals surface area contributed by atoms with Gasteiger partial charge >= 0.3 is 0 Å². The third-order valence-corrected chi connectivity index (χ3v) is 6.12. The lowest BCUT2D eigenvalue weighted by atomic mass is 10.1. The van der Waals surface area contributed by atoms with Crippen LogP contribution in [0.1, 0.15) is 15.9 Å². The lowest BCUT2D eigenvalue weighted by molar-refractivity contribution is 0.0300. The van der Waals surface area contributed by atoms with Crippen LogP contribution in [-0.2, 0) is 26.1 Å². The van der Waals surface area contributed by atoms with E-state index in [4.69, 9.17) is 14.2 Å². The number of hydrogen-bond donors (Lipinski definition) is 1. The summed E-state index contributed by atoms with van der Waals surface area (Å²) in [5.41, 5.74) is 1.23. The van der Waals surface area contributed by atoms with E-state index in [-0.39, 0.29) is 29.5 Å². The number of sulfonamides is 1. The number of morpholine rings is 1. The number of ether oxygens (including phenoxy) is 3. The lowest BCUT2D eigenvalue weighted by Crippen LogP contribution is -2.40. The van der Waals surface area contributed by atoms with Crippen LogP contribution >= 0.6 is 0 Å². The molecule has 0 atom stereocenters. The second-order valence-corrected chi connectivity index (χ2v) is 8.47. The molecular weight excluding hydrogens is 408 g/mol. The first-order chi connectivity index (χ1) is 14.5. The summed E-state index contributed by atoms with van der Waals surface area (Å²) in [5, 5.41) is 0. The fraction of sp³-hybridized carbons (Fsp3) is 0.381. The van der Waals surface area contributed by atoms with Crippen LogP contribution in [0.5, 0.6) is 5.75 Å². The topological polar surface area (TPSA) is 94.2 Å². The molecule has 1 aliphatic heterocycles. The molecule has 1 fully saturated rings. The normalized spacial score (nSPS) is 14.5. The summed E-state index contributed by atoms with van der Waals surface area (Å²) < 4.78 is 43.9. The molecule has 2 aromatic carbocycles. The van der Waals surface area contributed by atoms with Crippen LogP contribution in [0.2, 0.25) is 0 Å². The minimum Gasteiger partial charge on any atom is -0.496 e. The van der Waals surface area contributed by atoms with Crippen molar-refractivity contribution in [3.05, 3.63) is 59.7 Å². The average molecular weight is 435 g/mol. The Labute approximate surface area is 176 Å². The molecule has 2 aromatic rings. The third-order valence-electron chi connectivity index (χ3n) is 4.66. The van der Waals surface area contributed by atoms with Gasteiger partial charge in [0.25, 0.3) is 5.91 Å². The molecule has 0 unspecified atom stereocenters. The van der Waals surface area contributed by atoms with Gasteiger partial charge in [-0.2, -0.15) is 0 Å². The van der Waals surface area contributed by atoms with Gasteiger partial charge in [0.05, 0.1) is 44.0 Å². The van der Waals surface area contributed by atoms with E-state index in [0.29, 0.717) is 38.7 Å². The standard InChI is InChI=1S/C21H26N2O6S/c1-27-20-8-7-18(15-19(20)21(24)23-10-13-28-14-11-23)30(25,26)22-9-12-29-16-17-5-3-2-4-6-17/h2-8,15,22H,9-14,16H2,1H3. The largest absolute Gasteiger partial charge is 0.496 e. The first kappa shape index (κ1) is 22.2. The number of nitrogens with zero attached hydrogens (tertiary/aromatic N) is 1. The maximum Gasteiger partial charge on any atom is 0.257 e.